The molecular weight excluding hydrogens is 611 g/mol. The van der Waals surface area contributed by atoms with Crippen molar-refractivity contribution in [2.24, 2.45) is 23.7 Å². The van der Waals surface area contributed by atoms with Gasteiger partial charge < -0.3 is 0 Å². The summed E-state index contributed by atoms with van der Waals surface area (Å²) < 4.78 is 0. The van der Waals surface area contributed by atoms with Crippen LogP contribution in [0.15, 0.2) is 48.5 Å². The molecule has 2 aromatic carbocycles. The molecule has 6 nitrogen and oxygen atoms in total. The van der Waals surface area contributed by atoms with Gasteiger partial charge in [0.25, 0.3) is 17.7 Å². The van der Waals surface area contributed by atoms with Gasteiger partial charge in [0.05, 0.1) is 11.8 Å². The van der Waals surface area contributed by atoms with Crippen LogP contribution in [0.1, 0.15) is 27.1 Å². The highest BCUT2D eigenvalue weighted by Gasteiger charge is 2.67. The third-order valence-corrected chi connectivity index (χ3v) is 10.7. The van der Waals surface area contributed by atoms with E-state index >= 15 is 0 Å². The molecular formula is C24H18Br2Cl2N2O4. The number of imide groups is 1. The van der Waals surface area contributed by atoms with Gasteiger partial charge in [0.1, 0.15) is 6.54 Å². The molecule has 1 saturated heterocycles. The molecule has 0 spiro atoms. The molecule has 0 aromatic heterocycles. The third-order valence-electron chi connectivity index (χ3n) is 6.99. The van der Waals surface area contributed by atoms with E-state index in [2.05, 4.69) is 31.9 Å². The first-order valence-corrected chi connectivity index (χ1v) is 13.3. The molecule has 1 aliphatic heterocycles. The Morgan fingerprint density at radius 3 is 1.74 bits per heavy atom. The van der Waals surface area contributed by atoms with Gasteiger partial charge in [-0.15, -0.1) is 0 Å². The first-order valence-electron chi connectivity index (χ1n) is 10.7. The van der Waals surface area contributed by atoms with Crippen LogP contribution in [0, 0.1) is 23.7 Å². The molecule has 5 rings (SSSR count). The summed E-state index contributed by atoms with van der Waals surface area (Å²) in [7, 11) is 0. The molecule has 0 radical (unpaired) electrons. The number of hydrogen-bond acceptors (Lipinski definition) is 4. The highest BCUT2D eigenvalue weighted by Crippen LogP contribution is 2.60. The van der Waals surface area contributed by atoms with E-state index in [1.54, 1.807) is 36.4 Å². The number of hydrogen-bond donors (Lipinski definition) is 0. The van der Waals surface area contributed by atoms with E-state index in [1.807, 2.05) is 0 Å². The summed E-state index contributed by atoms with van der Waals surface area (Å²) in [5, 5.41) is 2.79. The SMILES string of the molecule is O=C(CN(C(=O)c1ccc(Cl)cc1)N1C(=O)[C@@H]2[C@H]3C[C@@H]([C@H](Br)[C@H]3Br)[C@H]2C1=O)c1ccc(Cl)cc1. The van der Waals surface area contributed by atoms with Crippen LogP contribution < -0.4 is 0 Å². The maximum absolute atomic E-state index is 13.6. The molecule has 1 heterocycles. The van der Waals surface area contributed by atoms with Crippen molar-refractivity contribution in [3.8, 4) is 0 Å². The molecule has 34 heavy (non-hydrogen) atoms. The largest absolute Gasteiger partial charge is 0.292 e. The molecule has 0 unspecified atom stereocenters. The number of alkyl halides is 2. The number of halogens is 4. The van der Waals surface area contributed by atoms with Crippen molar-refractivity contribution in [3.05, 3.63) is 69.7 Å². The first-order chi connectivity index (χ1) is 16.2. The number of fused-ring (bicyclic) bond motifs is 5. The zero-order valence-electron chi connectivity index (χ0n) is 17.5. The summed E-state index contributed by atoms with van der Waals surface area (Å²) in [5.41, 5.74) is 0.532. The second-order valence-corrected chi connectivity index (χ2v) is 11.8. The van der Waals surface area contributed by atoms with Crippen molar-refractivity contribution in [3.63, 3.8) is 0 Å². The molecule has 3 amide bonds. The predicted octanol–water partition coefficient (Wildman–Crippen LogP) is 5.01. The average molecular weight is 629 g/mol. The number of benzene rings is 2. The second-order valence-electron chi connectivity index (χ2n) is 8.79. The minimum Gasteiger partial charge on any atom is -0.292 e. The van der Waals surface area contributed by atoms with Crippen molar-refractivity contribution in [1.82, 2.24) is 10.0 Å². The van der Waals surface area contributed by atoms with Gasteiger partial charge in [-0.1, -0.05) is 55.1 Å². The minimum absolute atomic E-state index is 0.0136. The first kappa shape index (κ1) is 24.0. The van der Waals surface area contributed by atoms with Crippen molar-refractivity contribution >= 4 is 78.6 Å². The highest BCUT2D eigenvalue weighted by atomic mass is 79.9. The zero-order chi connectivity index (χ0) is 24.3. The van der Waals surface area contributed by atoms with Gasteiger partial charge in [-0.25, -0.2) is 5.01 Å². The Kier molecular flexibility index (Phi) is 6.38. The number of carbonyl (C=O) groups excluding carboxylic acids is 4. The van der Waals surface area contributed by atoms with E-state index in [9.17, 15) is 19.2 Å². The standard InChI is InChI=1S/C24H18Br2Cl2N2O4/c25-20-15-9-16(21(20)26)19-18(15)23(33)30(24(19)34)29(22(32)12-3-7-14(28)8-4-12)10-17(31)11-1-5-13(27)6-2-11/h1-8,15-16,18-21H,9-10H2/t15-,16-,18-,19-,20+,21+/m1/s1. The summed E-state index contributed by atoms with van der Waals surface area (Å²) in [6.07, 6.45) is 0.765. The topological polar surface area (TPSA) is 74.8 Å². The van der Waals surface area contributed by atoms with Gasteiger partial charge in [0, 0.05) is 30.8 Å². The van der Waals surface area contributed by atoms with Gasteiger partial charge in [-0.2, -0.15) is 5.01 Å². The number of hydrazine groups is 1. The smallest absolute Gasteiger partial charge is 0.273 e. The Bertz CT molecular complexity index is 1160. The monoisotopic (exact) mass is 626 g/mol. The van der Waals surface area contributed by atoms with Crippen molar-refractivity contribution in [1.29, 1.82) is 0 Å². The van der Waals surface area contributed by atoms with Crippen LogP contribution in [0.2, 0.25) is 10.0 Å². The Morgan fingerprint density at radius 2 is 1.26 bits per heavy atom. The number of ketones is 1. The van der Waals surface area contributed by atoms with Crippen LogP contribution in [0.25, 0.3) is 0 Å². The van der Waals surface area contributed by atoms with Gasteiger partial charge in [0.2, 0.25) is 0 Å². The van der Waals surface area contributed by atoms with Crippen molar-refractivity contribution in [2.45, 2.75) is 16.1 Å². The van der Waals surface area contributed by atoms with E-state index in [-0.39, 0.29) is 27.1 Å². The van der Waals surface area contributed by atoms with Crippen LogP contribution in [0.3, 0.4) is 0 Å². The van der Waals surface area contributed by atoms with Gasteiger partial charge >= 0.3 is 0 Å². The fraction of sp³-hybridized carbons (Fsp3) is 0.333. The zero-order valence-corrected chi connectivity index (χ0v) is 22.2. The Balaban J connectivity index is 1.50. The molecule has 2 aromatic rings. The van der Waals surface area contributed by atoms with Crippen LogP contribution in [-0.2, 0) is 9.59 Å². The maximum Gasteiger partial charge on any atom is 0.273 e. The lowest BCUT2D eigenvalue weighted by molar-refractivity contribution is -0.154. The number of nitrogens with zero attached hydrogens (tertiary/aromatic N) is 2. The van der Waals surface area contributed by atoms with Crippen molar-refractivity contribution in [2.75, 3.05) is 6.54 Å². The maximum atomic E-state index is 13.6. The summed E-state index contributed by atoms with van der Waals surface area (Å²) >= 11 is 19.2. The summed E-state index contributed by atoms with van der Waals surface area (Å²) in [4.78, 5) is 53.9. The number of Topliss-reactive ketones (excluding diaryl/α,β-unsaturated/α-hetero) is 1. The molecule has 2 saturated carbocycles. The van der Waals surface area contributed by atoms with Crippen LogP contribution in [0.4, 0.5) is 0 Å². The Hall–Kier alpha value is -1.74. The highest BCUT2D eigenvalue weighted by molar-refractivity contribution is 9.12. The third kappa shape index (κ3) is 3.83. The Labute approximate surface area is 222 Å². The van der Waals surface area contributed by atoms with Crippen LogP contribution in [-0.4, -0.2) is 49.7 Å². The lowest BCUT2D eigenvalue weighted by Crippen LogP contribution is -2.52. The summed E-state index contributed by atoms with van der Waals surface area (Å²) in [6, 6.07) is 12.3. The molecule has 2 bridgehead atoms. The molecule has 0 N–H and O–H groups in total. The minimum atomic E-state index is -0.626. The fourth-order valence-corrected chi connectivity index (χ4v) is 7.53. The van der Waals surface area contributed by atoms with Crippen molar-refractivity contribution < 1.29 is 19.2 Å². The number of carbonyl (C=O) groups is 4. The average Bonchev–Trinajstić information content (AvgIpc) is 3.43. The van der Waals surface area contributed by atoms with Gasteiger partial charge in [-0.05, 0) is 66.8 Å². The quantitative estimate of drug-likeness (QED) is 0.265. The van der Waals surface area contributed by atoms with Gasteiger partial charge in [-0.3, -0.25) is 19.2 Å². The summed E-state index contributed by atoms with van der Waals surface area (Å²) in [6.45, 7) is -0.467. The van der Waals surface area contributed by atoms with E-state index in [4.69, 9.17) is 23.2 Å². The fourth-order valence-electron chi connectivity index (χ4n) is 5.41. The number of amides is 3. The molecule has 6 atom stereocenters. The number of rotatable bonds is 5. The Morgan fingerprint density at radius 1 is 0.824 bits per heavy atom. The molecule has 10 heteroatoms. The van der Waals surface area contributed by atoms with E-state index in [1.165, 1.54) is 12.1 Å². The van der Waals surface area contributed by atoms with Crippen LogP contribution >= 0.6 is 55.1 Å². The molecule has 2 aliphatic carbocycles. The van der Waals surface area contributed by atoms with Gasteiger partial charge in [0.15, 0.2) is 5.78 Å². The molecule has 3 fully saturated rings. The lowest BCUT2D eigenvalue weighted by Gasteiger charge is -2.31. The van der Waals surface area contributed by atoms with E-state index < -0.39 is 41.9 Å². The summed E-state index contributed by atoms with van der Waals surface area (Å²) in [5.74, 6) is -2.96. The normalized spacial score (nSPS) is 29.5. The van der Waals surface area contributed by atoms with E-state index in [0.717, 1.165) is 16.4 Å². The molecule has 176 valence electrons. The molecule has 3 aliphatic rings. The van der Waals surface area contributed by atoms with Crippen LogP contribution in [0.5, 0.6) is 0 Å². The van der Waals surface area contributed by atoms with E-state index in [0.29, 0.717) is 15.6 Å². The predicted molar refractivity (Wildman–Crippen MR) is 134 cm³/mol. The second kappa shape index (κ2) is 9.04. The lowest BCUT2D eigenvalue weighted by atomic mass is 9.81.